The number of nitrogens with zero attached hydrogens (tertiary/aromatic N) is 2. The van der Waals surface area contributed by atoms with Crippen LogP contribution >= 0.6 is 22.9 Å². The Morgan fingerprint density at radius 2 is 1.97 bits per heavy atom. The Bertz CT molecular complexity index is 1380. The van der Waals surface area contributed by atoms with Crippen LogP contribution in [0.1, 0.15) is 30.7 Å². The van der Waals surface area contributed by atoms with E-state index in [-0.39, 0.29) is 42.2 Å². The van der Waals surface area contributed by atoms with E-state index < -0.39 is 12.3 Å². The lowest BCUT2D eigenvalue weighted by Crippen LogP contribution is -2.44. The predicted molar refractivity (Wildman–Crippen MR) is 138 cm³/mol. The van der Waals surface area contributed by atoms with Gasteiger partial charge >= 0.3 is 0 Å². The van der Waals surface area contributed by atoms with Gasteiger partial charge in [-0.2, -0.15) is 0 Å². The molecule has 0 radical (unpaired) electrons. The van der Waals surface area contributed by atoms with E-state index in [1.165, 1.54) is 16.2 Å². The van der Waals surface area contributed by atoms with Crippen LogP contribution < -0.4 is 10.1 Å². The van der Waals surface area contributed by atoms with E-state index in [4.69, 9.17) is 16.3 Å². The normalized spacial score (nSPS) is 27.0. The average Bonchev–Trinajstić information content (AvgIpc) is 3.08. The summed E-state index contributed by atoms with van der Waals surface area (Å²) < 4.78 is 21.8. The van der Waals surface area contributed by atoms with Crippen LogP contribution in [0.3, 0.4) is 0 Å². The summed E-state index contributed by atoms with van der Waals surface area (Å²) in [5.41, 5.74) is 3.03. The first-order chi connectivity index (χ1) is 17.2. The van der Waals surface area contributed by atoms with Gasteiger partial charge in [0.15, 0.2) is 0 Å². The van der Waals surface area contributed by atoms with E-state index in [2.05, 4.69) is 10.3 Å². The molecule has 188 valence electrons. The van der Waals surface area contributed by atoms with Crippen LogP contribution in [-0.4, -0.2) is 47.1 Å². The lowest BCUT2D eigenvalue weighted by atomic mass is 10.0. The number of piperidine rings is 2. The molecule has 9 heteroatoms. The van der Waals surface area contributed by atoms with Gasteiger partial charge in [0.1, 0.15) is 18.0 Å². The van der Waals surface area contributed by atoms with Gasteiger partial charge in [0.2, 0.25) is 11.8 Å². The summed E-state index contributed by atoms with van der Waals surface area (Å²) >= 11 is 7.95. The number of benzene rings is 1. The fourth-order valence-electron chi connectivity index (χ4n) is 5.76. The van der Waals surface area contributed by atoms with Crippen molar-refractivity contribution in [3.05, 3.63) is 45.9 Å². The van der Waals surface area contributed by atoms with Gasteiger partial charge in [0.25, 0.3) is 0 Å². The first kappa shape index (κ1) is 23.8. The van der Waals surface area contributed by atoms with Crippen molar-refractivity contribution in [3.8, 4) is 16.9 Å². The smallest absolute Gasteiger partial charge is 0.234 e. The average molecular weight is 528 g/mol. The molecule has 0 spiro atoms. The monoisotopic (exact) mass is 527 g/mol. The van der Waals surface area contributed by atoms with Crippen molar-refractivity contribution in [2.45, 2.75) is 46.0 Å². The van der Waals surface area contributed by atoms with Gasteiger partial charge in [0, 0.05) is 33.8 Å². The number of hydrogen-bond acceptors (Lipinski definition) is 6. The number of amides is 2. The summed E-state index contributed by atoms with van der Waals surface area (Å²) in [5, 5.41) is 3.62. The summed E-state index contributed by atoms with van der Waals surface area (Å²) in [7, 11) is 0. The molecule has 3 aliphatic rings. The molecule has 2 unspecified atom stereocenters. The summed E-state index contributed by atoms with van der Waals surface area (Å²) in [6, 6.07) is 7.50. The minimum absolute atomic E-state index is 0.0791. The molecule has 1 N–H and O–H groups in total. The van der Waals surface area contributed by atoms with Gasteiger partial charge in [-0.3, -0.25) is 19.5 Å². The van der Waals surface area contributed by atoms with E-state index in [1.807, 2.05) is 45.0 Å². The van der Waals surface area contributed by atoms with E-state index in [0.717, 1.165) is 31.8 Å². The van der Waals surface area contributed by atoms with Crippen LogP contribution in [0.2, 0.25) is 5.02 Å². The zero-order valence-electron chi connectivity index (χ0n) is 20.3. The van der Waals surface area contributed by atoms with Crippen LogP contribution in [0, 0.1) is 24.2 Å². The number of aryl methyl sites for hydroxylation is 1. The maximum Gasteiger partial charge on any atom is 0.234 e. The fourth-order valence-corrected chi connectivity index (χ4v) is 7.16. The number of ether oxygens (including phenoxy) is 1. The Labute approximate surface area is 217 Å². The third-order valence-electron chi connectivity index (χ3n) is 7.82. The first-order valence-electron chi connectivity index (χ1n) is 12.2. The number of carbonyl (C=O) groups excluding carboxylic acids is 2. The van der Waals surface area contributed by atoms with Crippen LogP contribution in [-0.2, 0) is 16.1 Å². The fraction of sp³-hybridized carbons (Fsp3) is 0.444. The number of hydrogen-bond donors (Lipinski definition) is 1. The van der Waals surface area contributed by atoms with Crippen LogP contribution in [0.15, 0.2) is 30.5 Å². The zero-order chi connectivity index (χ0) is 25.4. The van der Waals surface area contributed by atoms with Gasteiger partial charge in [0.05, 0.1) is 28.6 Å². The number of imide groups is 1. The molecule has 4 heterocycles. The van der Waals surface area contributed by atoms with E-state index >= 15 is 0 Å². The molecule has 6 nitrogen and oxygen atoms in total. The maximum absolute atomic E-state index is 14.6. The molecule has 36 heavy (non-hydrogen) atoms. The van der Waals surface area contributed by atoms with Crippen LogP contribution in [0.25, 0.3) is 21.3 Å². The van der Waals surface area contributed by atoms with Gasteiger partial charge in [-0.25, -0.2) is 4.39 Å². The van der Waals surface area contributed by atoms with E-state index in [9.17, 15) is 14.0 Å². The minimum atomic E-state index is -1.10. The Balaban J connectivity index is 1.36. The van der Waals surface area contributed by atoms with Gasteiger partial charge in [-0.05, 0) is 55.1 Å². The molecular formula is C27H27ClFN3O3S. The summed E-state index contributed by atoms with van der Waals surface area (Å²) in [4.78, 5) is 32.5. The molecule has 0 bridgehead atoms. The molecule has 3 fully saturated rings. The summed E-state index contributed by atoms with van der Waals surface area (Å²) in [6.07, 6.45) is 0.664. The van der Waals surface area contributed by atoms with Crippen molar-refractivity contribution >= 4 is 45.0 Å². The third-order valence-corrected chi connectivity index (χ3v) is 9.18. The highest BCUT2D eigenvalue weighted by Gasteiger charge is 2.72. The Kier molecular flexibility index (Phi) is 5.63. The SMILES string of the molecule is Cc1cc(Cl)cc(-c2ccnc3cc(CN4C(=O)C5C(C4=O)C5(C)C)sc23)c1O[C@@H]1CCNC[C@@H]1F. The highest BCUT2D eigenvalue weighted by atomic mass is 35.5. The van der Waals surface area contributed by atoms with Crippen molar-refractivity contribution in [2.75, 3.05) is 13.1 Å². The molecule has 1 aliphatic carbocycles. The van der Waals surface area contributed by atoms with Gasteiger partial charge in [-0.1, -0.05) is 25.4 Å². The number of carbonyl (C=O) groups is 2. The molecule has 2 aromatic heterocycles. The second kappa shape index (κ2) is 8.50. The van der Waals surface area contributed by atoms with Gasteiger partial charge < -0.3 is 10.1 Å². The maximum atomic E-state index is 14.6. The minimum Gasteiger partial charge on any atom is -0.486 e. The van der Waals surface area contributed by atoms with E-state index in [0.29, 0.717) is 23.7 Å². The molecular weight excluding hydrogens is 501 g/mol. The molecule has 3 aromatic rings. The van der Waals surface area contributed by atoms with Crippen molar-refractivity contribution in [3.63, 3.8) is 0 Å². The second-order valence-corrected chi connectivity index (χ2v) is 12.2. The highest BCUT2D eigenvalue weighted by molar-refractivity contribution is 7.19. The molecule has 1 saturated carbocycles. The van der Waals surface area contributed by atoms with Gasteiger partial charge in [-0.15, -0.1) is 11.3 Å². The lowest BCUT2D eigenvalue weighted by Gasteiger charge is -2.29. The van der Waals surface area contributed by atoms with Crippen molar-refractivity contribution in [1.29, 1.82) is 0 Å². The number of halogens is 2. The number of thiophene rings is 1. The number of alkyl halides is 1. The van der Waals surface area contributed by atoms with Crippen LogP contribution in [0.5, 0.6) is 5.75 Å². The predicted octanol–water partition coefficient (Wildman–Crippen LogP) is 5.14. The van der Waals surface area contributed by atoms with E-state index in [1.54, 1.807) is 6.20 Å². The zero-order valence-corrected chi connectivity index (χ0v) is 21.9. The quantitative estimate of drug-likeness (QED) is 0.465. The van der Waals surface area contributed by atoms with Crippen molar-refractivity contribution in [1.82, 2.24) is 15.2 Å². The number of likely N-dealkylation sites (tertiary alicyclic amines) is 1. The summed E-state index contributed by atoms with van der Waals surface area (Å²) in [6.45, 7) is 7.09. The van der Waals surface area contributed by atoms with Crippen LogP contribution in [0.4, 0.5) is 4.39 Å². The number of rotatable bonds is 5. The molecule has 4 atom stereocenters. The van der Waals surface area contributed by atoms with Crippen molar-refractivity contribution in [2.24, 2.45) is 17.3 Å². The number of pyridine rings is 1. The lowest BCUT2D eigenvalue weighted by molar-refractivity contribution is -0.143. The number of nitrogens with one attached hydrogen (secondary N) is 1. The molecule has 2 saturated heterocycles. The summed E-state index contributed by atoms with van der Waals surface area (Å²) in [5.74, 6) is 0.0609. The first-order valence-corrected chi connectivity index (χ1v) is 13.4. The standard InChI is InChI=1S/C27H27ClFN3O3S/c1-13-8-14(28)9-17(23(13)35-20-5-6-30-11-18(20)29)16-4-7-31-19-10-15(36-24(16)19)12-32-25(33)21-22(26(32)34)27(21,2)3/h4,7-10,18,20-22,30H,5-6,11-12H2,1-3H3/t18-,20+,21?,22?/m0/s1. The Hall–Kier alpha value is -2.55. The molecule has 2 amide bonds. The Morgan fingerprint density at radius 1 is 1.22 bits per heavy atom. The molecule has 1 aromatic carbocycles. The number of aromatic nitrogens is 1. The van der Waals surface area contributed by atoms with Crippen molar-refractivity contribution < 1.29 is 18.7 Å². The number of fused-ring (bicyclic) bond motifs is 2. The largest absolute Gasteiger partial charge is 0.486 e. The Morgan fingerprint density at radius 3 is 2.69 bits per heavy atom. The topological polar surface area (TPSA) is 71.5 Å². The highest BCUT2D eigenvalue weighted by Crippen LogP contribution is 2.63. The second-order valence-electron chi connectivity index (χ2n) is 10.6. The molecule has 2 aliphatic heterocycles. The third kappa shape index (κ3) is 3.73. The molecule has 6 rings (SSSR count).